The third kappa shape index (κ3) is 3.73. The predicted octanol–water partition coefficient (Wildman–Crippen LogP) is 0.972. The number of hydrazone groups is 1. The number of amides is 1. The van der Waals surface area contributed by atoms with Crippen molar-refractivity contribution < 1.29 is 19.1 Å². The maximum atomic E-state index is 11.2. The Balaban J connectivity index is 2.37. The SMILES string of the molecule is CCOC(=O)N/N=C1/CC(C(=O)OC)CS1. The van der Waals surface area contributed by atoms with Gasteiger partial charge in [0.05, 0.1) is 24.7 Å². The van der Waals surface area contributed by atoms with Crippen LogP contribution in [-0.4, -0.2) is 36.6 Å². The highest BCUT2D eigenvalue weighted by molar-refractivity contribution is 8.14. The monoisotopic (exact) mass is 246 g/mol. The molecule has 1 fully saturated rings. The molecular weight excluding hydrogens is 232 g/mol. The summed E-state index contributed by atoms with van der Waals surface area (Å²) < 4.78 is 9.27. The maximum Gasteiger partial charge on any atom is 0.427 e. The van der Waals surface area contributed by atoms with Gasteiger partial charge >= 0.3 is 12.1 Å². The van der Waals surface area contributed by atoms with Gasteiger partial charge in [-0.3, -0.25) is 4.79 Å². The Kier molecular flexibility index (Phi) is 5.10. The molecule has 1 amide bonds. The summed E-state index contributed by atoms with van der Waals surface area (Å²) in [5, 5.41) is 4.57. The smallest absolute Gasteiger partial charge is 0.427 e. The van der Waals surface area contributed by atoms with Gasteiger partial charge in [-0.2, -0.15) is 5.10 Å². The molecule has 1 aliphatic heterocycles. The minimum atomic E-state index is -0.586. The van der Waals surface area contributed by atoms with Crippen LogP contribution >= 0.6 is 11.8 Å². The van der Waals surface area contributed by atoms with E-state index in [1.807, 2.05) is 0 Å². The molecule has 0 saturated carbocycles. The summed E-state index contributed by atoms with van der Waals surface area (Å²) in [5.41, 5.74) is 2.26. The van der Waals surface area contributed by atoms with Crippen molar-refractivity contribution >= 4 is 28.9 Å². The molecule has 1 heterocycles. The molecule has 90 valence electrons. The first-order valence-electron chi connectivity index (χ1n) is 4.87. The zero-order valence-corrected chi connectivity index (χ0v) is 10.0. The molecular formula is C9H14N2O4S. The Morgan fingerprint density at radius 1 is 1.62 bits per heavy atom. The fourth-order valence-corrected chi connectivity index (χ4v) is 2.27. The van der Waals surface area contributed by atoms with Crippen LogP contribution < -0.4 is 5.43 Å². The van der Waals surface area contributed by atoms with Gasteiger partial charge in [0.2, 0.25) is 0 Å². The number of carbonyl (C=O) groups excluding carboxylic acids is 2. The highest BCUT2D eigenvalue weighted by atomic mass is 32.2. The van der Waals surface area contributed by atoms with Crippen LogP contribution in [0.1, 0.15) is 13.3 Å². The molecule has 0 radical (unpaired) electrons. The van der Waals surface area contributed by atoms with Crippen LogP contribution in [0.5, 0.6) is 0 Å². The zero-order valence-electron chi connectivity index (χ0n) is 9.19. The fourth-order valence-electron chi connectivity index (χ4n) is 1.19. The van der Waals surface area contributed by atoms with E-state index in [2.05, 4.69) is 20.0 Å². The molecule has 1 rings (SSSR count). The Morgan fingerprint density at radius 2 is 2.38 bits per heavy atom. The number of esters is 1. The van der Waals surface area contributed by atoms with Gasteiger partial charge < -0.3 is 9.47 Å². The van der Waals surface area contributed by atoms with E-state index >= 15 is 0 Å². The van der Waals surface area contributed by atoms with Crippen LogP contribution in [0.4, 0.5) is 4.79 Å². The maximum absolute atomic E-state index is 11.2. The molecule has 0 aromatic rings. The molecule has 1 atom stereocenters. The first kappa shape index (κ1) is 12.8. The summed E-state index contributed by atoms with van der Waals surface area (Å²) in [5.74, 6) is 0.224. The van der Waals surface area contributed by atoms with Gasteiger partial charge in [-0.25, -0.2) is 10.2 Å². The Hall–Kier alpha value is -1.24. The van der Waals surface area contributed by atoms with E-state index in [0.29, 0.717) is 23.8 Å². The summed E-state index contributed by atoms with van der Waals surface area (Å²) in [6, 6.07) is 0. The van der Waals surface area contributed by atoms with Crippen molar-refractivity contribution in [2.24, 2.45) is 11.0 Å². The van der Waals surface area contributed by atoms with Crippen molar-refractivity contribution in [1.29, 1.82) is 0 Å². The van der Waals surface area contributed by atoms with E-state index in [1.54, 1.807) is 6.92 Å². The zero-order chi connectivity index (χ0) is 12.0. The topological polar surface area (TPSA) is 77.0 Å². The van der Waals surface area contributed by atoms with E-state index in [4.69, 9.17) is 0 Å². The first-order valence-corrected chi connectivity index (χ1v) is 5.85. The lowest BCUT2D eigenvalue weighted by molar-refractivity contribution is -0.144. The number of rotatable bonds is 3. The molecule has 1 unspecified atom stereocenters. The summed E-state index contributed by atoms with van der Waals surface area (Å²) in [6.45, 7) is 2.01. The number of nitrogens with one attached hydrogen (secondary N) is 1. The minimum Gasteiger partial charge on any atom is -0.469 e. The molecule has 0 bridgehead atoms. The second-order valence-corrected chi connectivity index (χ2v) is 4.17. The lowest BCUT2D eigenvalue weighted by Gasteiger charge is -2.03. The minimum absolute atomic E-state index is 0.169. The Morgan fingerprint density at radius 3 is 3.00 bits per heavy atom. The first-order chi connectivity index (χ1) is 7.67. The number of carbonyl (C=O) groups is 2. The van der Waals surface area contributed by atoms with E-state index < -0.39 is 6.09 Å². The summed E-state index contributed by atoms with van der Waals surface area (Å²) in [4.78, 5) is 22.1. The molecule has 0 spiro atoms. The second kappa shape index (κ2) is 6.37. The van der Waals surface area contributed by atoms with E-state index in [-0.39, 0.29) is 11.9 Å². The van der Waals surface area contributed by atoms with Crippen LogP contribution in [0.2, 0.25) is 0 Å². The predicted molar refractivity (Wildman–Crippen MR) is 60.2 cm³/mol. The third-order valence-electron chi connectivity index (χ3n) is 1.95. The Bertz CT molecular complexity index is 306. The molecule has 0 aromatic carbocycles. The van der Waals surface area contributed by atoms with Crippen LogP contribution in [0.3, 0.4) is 0 Å². The van der Waals surface area contributed by atoms with Gasteiger partial charge in [0, 0.05) is 12.2 Å². The largest absolute Gasteiger partial charge is 0.469 e. The van der Waals surface area contributed by atoms with Gasteiger partial charge in [-0.15, -0.1) is 11.8 Å². The molecule has 1 aliphatic rings. The summed E-state index contributed by atoms with van der Waals surface area (Å²) in [7, 11) is 1.36. The Labute approximate surface area is 97.7 Å². The summed E-state index contributed by atoms with van der Waals surface area (Å²) >= 11 is 1.43. The van der Waals surface area contributed by atoms with Crippen molar-refractivity contribution in [3.63, 3.8) is 0 Å². The number of thioether (sulfide) groups is 1. The molecule has 0 aromatic heterocycles. The average Bonchev–Trinajstić information content (AvgIpc) is 2.74. The standard InChI is InChI=1S/C9H14N2O4S/c1-3-15-9(13)11-10-7-4-6(5-16-7)8(12)14-2/h6H,3-5H2,1-2H3,(H,11,13)/b10-7-. The fraction of sp³-hybridized carbons (Fsp3) is 0.667. The second-order valence-electron chi connectivity index (χ2n) is 3.07. The van der Waals surface area contributed by atoms with Crippen LogP contribution in [0.15, 0.2) is 5.10 Å². The number of hydrogen-bond acceptors (Lipinski definition) is 6. The van der Waals surface area contributed by atoms with Crippen molar-refractivity contribution in [2.75, 3.05) is 19.5 Å². The number of ether oxygens (including phenoxy) is 2. The molecule has 16 heavy (non-hydrogen) atoms. The van der Waals surface area contributed by atoms with Crippen LogP contribution in [0, 0.1) is 5.92 Å². The van der Waals surface area contributed by atoms with Gasteiger partial charge in [-0.05, 0) is 6.92 Å². The van der Waals surface area contributed by atoms with E-state index in [0.717, 1.165) is 0 Å². The average molecular weight is 246 g/mol. The normalized spacial score (nSPS) is 21.9. The molecule has 7 heteroatoms. The van der Waals surface area contributed by atoms with Crippen molar-refractivity contribution in [2.45, 2.75) is 13.3 Å². The molecule has 1 N–H and O–H groups in total. The molecule has 6 nitrogen and oxygen atoms in total. The lowest BCUT2D eigenvalue weighted by Crippen LogP contribution is -2.20. The van der Waals surface area contributed by atoms with Crippen molar-refractivity contribution in [1.82, 2.24) is 5.43 Å². The van der Waals surface area contributed by atoms with E-state index in [1.165, 1.54) is 18.9 Å². The molecule has 0 aliphatic carbocycles. The van der Waals surface area contributed by atoms with Crippen LogP contribution in [-0.2, 0) is 14.3 Å². The van der Waals surface area contributed by atoms with E-state index in [9.17, 15) is 9.59 Å². The van der Waals surface area contributed by atoms with Crippen molar-refractivity contribution in [3.05, 3.63) is 0 Å². The number of methoxy groups -OCH3 is 1. The van der Waals surface area contributed by atoms with Gasteiger partial charge in [0.25, 0.3) is 0 Å². The number of nitrogens with zero attached hydrogens (tertiary/aromatic N) is 1. The van der Waals surface area contributed by atoms with Gasteiger partial charge in [0.1, 0.15) is 0 Å². The highest BCUT2D eigenvalue weighted by Gasteiger charge is 2.28. The summed E-state index contributed by atoms with van der Waals surface area (Å²) in [6.07, 6.45) is -0.0823. The van der Waals surface area contributed by atoms with Crippen LogP contribution in [0.25, 0.3) is 0 Å². The quantitative estimate of drug-likeness (QED) is 0.593. The highest BCUT2D eigenvalue weighted by Crippen LogP contribution is 2.27. The lowest BCUT2D eigenvalue weighted by atomic mass is 10.1. The third-order valence-corrected chi connectivity index (χ3v) is 3.11. The van der Waals surface area contributed by atoms with Crippen molar-refractivity contribution in [3.8, 4) is 0 Å². The van der Waals surface area contributed by atoms with Gasteiger partial charge in [0.15, 0.2) is 0 Å². The van der Waals surface area contributed by atoms with Gasteiger partial charge in [-0.1, -0.05) is 0 Å². The number of hydrogen-bond donors (Lipinski definition) is 1. The molecule has 1 saturated heterocycles.